The first kappa shape index (κ1) is 19.8. The van der Waals surface area contributed by atoms with Crippen LogP contribution >= 0.6 is 0 Å². The Kier molecular flexibility index (Phi) is 5.62. The summed E-state index contributed by atoms with van der Waals surface area (Å²) in [4.78, 5) is 12.7. The van der Waals surface area contributed by atoms with Gasteiger partial charge in [0.25, 0.3) is 5.91 Å². The monoisotopic (exact) mass is 378 g/mol. The van der Waals surface area contributed by atoms with Gasteiger partial charge in [0.1, 0.15) is 12.4 Å². The second-order valence-electron chi connectivity index (χ2n) is 8.03. The quantitative estimate of drug-likeness (QED) is 0.711. The zero-order chi connectivity index (χ0) is 20.3. The highest BCUT2D eigenvalue weighted by molar-refractivity contribution is 6.05. The van der Waals surface area contributed by atoms with Gasteiger partial charge >= 0.3 is 0 Å². The van der Waals surface area contributed by atoms with Crippen LogP contribution in [-0.2, 0) is 0 Å². The molecule has 0 aliphatic carbocycles. The molecule has 28 heavy (non-hydrogen) atoms. The standard InChI is InChI=1S/C23H26N2O3/c1-15-11-16(9-10-23(2,3)4)5-7-19(15)22(27)25-17-6-8-20-21(12-17)28-14-18(13-26)24-20/h5-8,11-12,18,24,26H,13-14H2,1-4H3,(H,25,27)/t18-/m0/s1. The maximum Gasteiger partial charge on any atom is 0.255 e. The Morgan fingerprint density at radius 2 is 2.07 bits per heavy atom. The second kappa shape index (κ2) is 7.95. The van der Waals surface area contributed by atoms with Gasteiger partial charge in [-0.1, -0.05) is 11.8 Å². The van der Waals surface area contributed by atoms with Gasteiger partial charge in [0, 0.05) is 28.3 Å². The van der Waals surface area contributed by atoms with Crippen molar-refractivity contribution in [2.24, 2.45) is 5.41 Å². The summed E-state index contributed by atoms with van der Waals surface area (Å²) in [5.41, 5.74) is 3.78. The number of hydrogen-bond acceptors (Lipinski definition) is 4. The predicted molar refractivity (Wildman–Crippen MR) is 112 cm³/mol. The zero-order valence-electron chi connectivity index (χ0n) is 16.7. The first-order chi connectivity index (χ1) is 13.2. The number of nitrogens with one attached hydrogen (secondary N) is 2. The Morgan fingerprint density at radius 1 is 1.29 bits per heavy atom. The number of aryl methyl sites for hydroxylation is 1. The molecule has 1 heterocycles. The van der Waals surface area contributed by atoms with Crippen LogP contribution in [0.4, 0.5) is 11.4 Å². The predicted octanol–water partition coefficient (Wildman–Crippen LogP) is 3.81. The Balaban J connectivity index is 1.74. The molecule has 2 aromatic carbocycles. The van der Waals surface area contributed by atoms with Gasteiger partial charge in [-0.15, -0.1) is 0 Å². The van der Waals surface area contributed by atoms with Gasteiger partial charge in [0.15, 0.2) is 0 Å². The van der Waals surface area contributed by atoms with Crippen LogP contribution in [0.15, 0.2) is 36.4 Å². The number of benzene rings is 2. The van der Waals surface area contributed by atoms with E-state index in [-0.39, 0.29) is 24.0 Å². The summed E-state index contributed by atoms with van der Waals surface area (Å²) >= 11 is 0. The molecule has 0 unspecified atom stereocenters. The SMILES string of the molecule is Cc1cc(C#CC(C)(C)C)ccc1C(=O)Nc1ccc2c(c1)OC[C@H](CO)N2. The number of hydrogen-bond donors (Lipinski definition) is 3. The van der Waals surface area contributed by atoms with Crippen molar-refractivity contribution in [2.75, 3.05) is 23.8 Å². The maximum absolute atomic E-state index is 12.7. The maximum atomic E-state index is 12.7. The van der Waals surface area contributed by atoms with E-state index in [1.54, 1.807) is 12.1 Å². The molecule has 0 saturated heterocycles. The highest BCUT2D eigenvalue weighted by atomic mass is 16.5. The van der Waals surface area contributed by atoms with Crippen molar-refractivity contribution >= 4 is 17.3 Å². The molecule has 0 saturated carbocycles. The molecule has 146 valence electrons. The van der Waals surface area contributed by atoms with Gasteiger partial charge in [-0.25, -0.2) is 0 Å². The molecular weight excluding hydrogens is 352 g/mol. The van der Waals surface area contributed by atoms with Gasteiger partial charge in [0.2, 0.25) is 0 Å². The van der Waals surface area contributed by atoms with Crippen molar-refractivity contribution in [3.05, 3.63) is 53.1 Å². The van der Waals surface area contributed by atoms with Crippen LogP contribution in [0.5, 0.6) is 5.75 Å². The first-order valence-corrected chi connectivity index (χ1v) is 9.34. The molecule has 1 amide bonds. The van der Waals surface area contributed by atoms with Crippen molar-refractivity contribution in [2.45, 2.75) is 33.7 Å². The minimum absolute atomic E-state index is 0.00727. The molecule has 0 radical (unpaired) electrons. The van der Waals surface area contributed by atoms with E-state index in [1.165, 1.54) is 0 Å². The summed E-state index contributed by atoms with van der Waals surface area (Å²) in [5.74, 6) is 6.85. The van der Waals surface area contributed by atoms with Crippen molar-refractivity contribution in [1.82, 2.24) is 0 Å². The van der Waals surface area contributed by atoms with Gasteiger partial charge in [-0.2, -0.15) is 0 Å². The van der Waals surface area contributed by atoms with Crippen LogP contribution in [0.1, 0.15) is 42.3 Å². The van der Waals surface area contributed by atoms with Gasteiger partial charge < -0.3 is 20.5 Å². The van der Waals surface area contributed by atoms with Crippen molar-refractivity contribution in [3.8, 4) is 17.6 Å². The minimum atomic E-state index is -0.176. The molecule has 0 fully saturated rings. The number of carbonyl (C=O) groups is 1. The van der Waals surface area contributed by atoms with E-state index in [9.17, 15) is 9.90 Å². The Morgan fingerprint density at radius 3 is 2.75 bits per heavy atom. The molecule has 1 aliphatic rings. The Hall–Kier alpha value is -2.97. The van der Waals surface area contributed by atoms with Crippen LogP contribution in [-0.4, -0.2) is 30.3 Å². The van der Waals surface area contributed by atoms with E-state index in [0.717, 1.165) is 16.8 Å². The molecule has 3 rings (SSSR count). The molecule has 5 nitrogen and oxygen atoms in total. The Bertz CT molecular complexity index is 949. The average molecular weight is 378 g/mol. The van der Waals surface area contributed by atoms with Crippen molar-refractivity contribution in [1.29, 1.82) is 0 Å². The van der Waals surface area contributed by atoms with Gasteiger partial charge in [-0.3, -0.25) is 4.79 Å². The van der Waals surface area contributed by atoms with Crippen LogP contribution in [0.3, 0.4) is 0 Å². The second-order valence-corrected chi connectivity index (χ2v) is 8.03. The number of rotatable bonds is 3. The summed E-state index contributed by atoms with van der Waals surface area (Å²) in [6.07, 6.45) is 0. The summed E-state index contributed by atoms with van der Waals surface area (Å²) in [7, 11) is 0. The molecule has 5 heteroatoms. The third-order valence-electron chi connectivity index (χ3n) is 4.31. The number of aliphatic hydroxyl groups excluding tert-OH is 1. The molecule has 3 N–H and O–H groups in total. The summed E-state index contributed by atoms with van der Waals surface area (Å²) in [6, 6.07) is 10.9. The normalized spacial score (nSPS) is 15.4. The number of anilines is 2. The largest absolute Gasteiger partial charge is 0.489 e. The lowest BCUT2D eigenvalue weighted by molar-refractivity contribution is 0.102. The zero-order valence-corrected chi connectivity index (χ0v) is 16.7. The number of carbonyl (C=O) groups excluding carboxylic acids is 1. The minimum Gasteiger partial charge on any atom is -0.489 e. The fourth-order valence-electron chi connectivity index (χ4n) is 2.84. The van der Waals surface area contributed by atoms with E-state index in [1.807, 2.05) is 31.2 Å². The molecule has 0 aromatic heterocycles. The van der Waals surface area contributed by atoms with E-state index in [4.69, 9.17) is 4.74 Å². The van der Waals surface area contributed by atoms with Crippen LogP contribution in [0.25, 0.3) is 0 Å². The molecule has 0 bridgehead atoms. The highest BCUT2D eigenvalue weighted by Gasteiger charge is 2.19. The number of ether oxygens (including phenoxy) is 1. The van der Waals surface area contributed by atoms with Crippen molar-refractivity contribution in [3.63, 3.8) is 0 Å². The Labute approximate surface area is 166 Å². The summed E-state index contributed by atoms with van der Waals surface area (Å²) in [6.45, 7) is 8.50. The van der Waals surface area contributed by atoms with Crippen molar-refractivity contribution < 1.29 is 14.6 Å². The summed E-state index contributed by atoms with van der Waals surface area (Å²) in [5, 5.41) is 15.3. The van der Waals surface area contributed by atoms with E-state index < -0.39 is 0 Å². The fraction of sp³-hybridized carbons (Fsp3) is 0.348. The topological polar surface area (TPSA) is 70.6 Å². The highest BCUT2D eigenvalue weighted by Crippen LogP contribution is 2.32. The number of amides is 1. The fourth-order valence-corrected chi connectivity index (χ4v) is 2.84. The molecule has 2 aromatic rings. The lowest BCUT2D eigenvalue weighted by Crippen LogP contribution is -2.34. The molecule has 1 atom stereocenters. The van der Waals surface area contributed by atoms with Crippen LogP contribution < -0.4 is 15.4 Å². The van der Waals surface area contributed by atoms with Gasteiger partial charge in [-0.05, 0) is 63.6 Å². The van der Waals surface area contributed by atoms with Gasteiger partial charge in [0.05, 0.1) is 18.3 Å². The third-order valence-corrected chi connectivity index (χ3v) is 4.31. The smallest absolute Gasteiger partial charge is 0.255 e. The number of aliphatic hydroxyl groups is 1. The van der Waals surface area contributed by atoms with Crippen LogP contribution in [0, 0.1) is 24.2 Å². The lowest BCUT2D eigenvalue weighted by Gasteiger charge is -2.26. The average Bonchev–Trinajstić information content (AvgIpc) is 2.65. The summed E-state index contributed by atoms with van der Waals surface area (Å²) < 4.78 is 5.66. The number of fused-ring (bicyclic) bond motifs is 1. The molecular formula is C23H26N2O3. The van der Waals surface area contributed by atoms with E-state index in [0.29, 0.717) is 23.6 Å². The third kappa shape index (κ3) is 4.85. The molecule has 1 aliphatic heterocycles. The van der Waals surface area contributed by atoms with E-state index >= 15 is 0 Å². The van der Waals surface area contributed by atoms with Crippen LogP contribution in [0.2, 0.25) is 0 Å². The molecule has 0 spiro atoms. The lowest BCUT2D eigenvalue weighted by atomic mass is 9.97. The first-order valence-electron chi connectivity index (χ1n) is 9.34. The van der Waals surface area contributed by atoms with E-state index in [2.05, 4.69) is 43.2 Å².